The summed E-state index contributed by atoms with van der Waals surface area (Å²) < 4.78 is 9.33. The highest BCUT2D eigenvalue weighted by Crippen LogP contribution is 2.05. The fourth-order valence-electron chi connectivity index (χ4n) is 1.23. The van der Waals surface area contributed by atoms with Gasteiger partial charge in [0, 0.05) is 19.2 Å². The maximum absolute atomic E-state index is 11.1. The third-order valence-corrected chi connectivity index (χ3v) is 2.08. The summed E-state index contributed by atoms with van der Waals surface area (Å²) in [6.45, 7) is 3.69. The Morgan fingerprint density at radius 1 is 1.75 bits per heavy atom. The summed E-state index contributed by atoms with van der Waals surface area (Å²) in [6, 6.07) is 1.78. The van der Waals surface area contributed by atoms with Crippen LogP contribution in [0, 0.1) is 6.92 Å². The van der Waals surface area contributed by atoms with E-state index in [9.17, 15) is 9.90 Å². The van der Waals surface area contributed by atoms with E-state index in [2.05, 4.69) is 15.2 Å². The highest BCUT2D eigenvalue weighted by Gasteiger charge is 2.30. The number of nitrogens with zero attached hydrogens (tertiary/aromatic N) is 1. The van der Waals surface area contributed by atoms with Crippen LogP contribution in [0.15, 0.2) is 10.6 Å². The molecule has 0 aliphatic rings. The minimum Gasteiger partial charge on any atom is -0.467 e. The van der Waals surface area contributed by atoms with E-state index in [4.69, 9.17) is 4.52 Å². The van der Waals surface area contributed by atoms with Crippen molar-refractivity contribution in [2.45, 2.75) is 26.0 Å². The van der Waals surface area contributed by atoms with Gasteiger partial charge in [0.2, 0.25) is 0 Å². The Kier molecular flexibility index (Phi) is 4.03. The lowest BCUT2D eigenvalue weighted by Crippen LogP contribution is -2.45. The topological polar surface area (TPSA) is 84.6 Å². The Balaban J connectivity index is 2.38. The zero-order chi connectivity index (χ0) is 12.2. The summed E-state index contributed by atoms with van der Waals surface area (Å²) in [5.41, 5.74) is -0.814. The number of carbonyl (C=O) groups excluding carboxylic acids is 1. The molecule has 1 aromatic heterocycles. The van der Waals surface area contributed by atoms with Gasteiger partial charge in [-0.2, -0.15) is 0 Å². The molecule has 2 N–H and O–H groups in total. The standard InChI is InChI=1S/C10H16N2O4/c1-7-4-8(12-16-7)5-11-6-10(2,14)9(13)15-3/h4,11,14H,5-6H2,1-3H3. The van der Waals surface area contributed by atoms with Crippen molar-refractivity contribution in [3.63, 3.8) is 0 Å². The molecule has 0 amide bonds. The number of hydrogen-bond acceptors (Lipinski definition) is 6. The van der Waals surface area contributed by atoms with Gasteiger partial charge >= 0.3 is 5.97 Å². The van der Waals surface area contributed by atoms with E-state index < -0.39 is 11.6 Å². The number of aromatic nitrogens is 1. The monoisotopic (exact) mass is 228 g/mol. The van der Waals surface area contributed by atoms with Gasteiger partial charge in [0.1, 0.15) is 5.76 Å². The average molecular weight is 228 g/mol. The van der Waals surface area contributed by atoms with Crippen LogP contribution in [0.2, 0.25) is 0 Å². The lowest BCUT2D eigenvalue weighted by atomic mass is 10.1. The first-order chi connectivity index (χ1) is 7.45. The molecule has 0 radical (unpaired) electrons. The fraction of sp³-hybridized carbons (Fsp3) is 0.600. The van der Waals surface area contributed by atoms with Crippen molar-refractivity contribution in [2.24, 2.45) is 0 Å². The van der Waals surface area contributed by atoms with E-state index in [1.807, 2.05) is 0 Å². The first-order valence-corrected chi connectivity index (χ1v) is 4.89. The van der Waals surface area contributed by atoms with Crippen molar-refractivity contribution in [2.75, 3.05) is 13.7 Å². The van der Waals surface area contributed by atoms with Crippen LogP contribution in [0.25, 0.3) is 0 Å². The van der Waals surface area contributed by atoms with E-state index in [-0.39, 0.29) is 6.54 Å². The Hall–Kier alpha value is -1.40. The van der Waals surface area contributed by atoms with Gasteiger partial charge < -0.3 is 19.7 Å². The second-order valence-corrected chi connectivity index (χ2v) is 3.80. The summed E-state index contributed by atoms with van der Waals surface area (Å²) in [4.78, 5) is 11.1. The molecule has 1 unspecified atom stereocenters. The average Bonchev–Trinajstić information content (AvgIpc) is 2.62. The number of methoxy groups -OCH3 is 1. The highest BCUT2D eigenvalue weighted by atomic mass is 16.5. The molecular formula is C10H16N2O4. The molecule has 90 valence electrons. The summed E-state index contributed by atoms with van der Waals surface area (Å²) in [6.07, 6.45) is 0. The molecule has 0 fully saturated rings. The van der Waals surface area contributed by atoms with E-state index in [0.29, 0.717) is 6.54 Å². The van der Waals surface area contributed by atoms with E-state index in [1.165, 1.54) is 14.0 Å². The summed E-state index contributed by atoms with van der Waals surface area (Å²) in [5, 5.41) is 16.3. The third kappa shape index (κ3) is 3.32. The van der Waals surface area contributed by atoms with Gasteiger partial charge in [-0.25, -0.2) is 4.79 Å². The molecule has 1 aromatic rings. The quantitative estimate of drug-likeness (QED) is 0.690. The Labute approximate surface area is 93.6 Å². The molecular weight excluding hydrogens is 212 g/mol. The zero-order valence-electron chi connectivity index (χ0n) is 9.61. The predicted molar refractivity (Wildman–Crippen MR) is 55.6 cm³/mol. The maximum Gasteiger partial charge on any atom is 0.338 e. The second-order valence-electron chi connectivity index (χ2n) is 3.80. The number of nitrogens with one attached hydrogen (secondary N) is 1. The van der Waals surface area contributed by atoms with Crippen LogP contribution in [-0.2, 0) is 16.1 Å². The van der Waals surface area contributed by atoms with Crippen LogP contribution in [0.1, 0.15) is 18.4 Å². The Morgan fingerprint density at radius 2 is 2.44 bits per heavy atom. The number of rotatable bonds is 5. The first kappa shape index (κ1) is 12.7. The van der Waals surface area contributed by atoms with E-state index in [0.717, 1.165) is 11.5 Å². The molecule has 0 saturated carbocycles. The lowest BCUT2D eigenvalue weighted by Gasteiger charge is -2.20. The molecule has 16 heavy (non-hydrogen) atoms. The smallest absolute Gasteiger partial charge is 0.338 e. The molecule has 1 heterocycles. The fourth-order valence-corrected chi connectivity index (χ4v) is 1.23. The van der Waals surface area contributed by atoms with Gasteiger partial charge in [0.15, 0.2) is 5.60 Å². The lowest BCUT2D eigenvalue weighted by molar-refractivity contribution is -0.159. The molecule has 6 nitrogen and oxygen atoms in total. The maximum atomic E-state index is 11.1. The molecule has 1 rings (SSSR count). The second kappa shape index (κ2) is 5.09. The largest absolute Gasteiger partial charge is 0.467 e. The van der Waals surface area contributed by atoms with Crippen molar-refractivity contribution >= 4 is 5.97 Å². The van der Waals surface area contributed by atoms with Crippen LogP contribution < -0.4 is 5.32 Å². The van der Waals surface area contributed by atoms with Crippen LogP contribution in [0.4, 0.5) is 0 Å². The van der Waals surface area contributed by atoms with Crippen LogP contribution in [-0.4, -0.2) is 35.5 Å². The van der Waals surface area contributed by atoms with Crippen molar-refractivity contribution in [3.05, 3.63) is 17.5 Å². The molecule has 0 aliphatic carbocycles. The number of ether oxygens (including phenoxy) is 1. The van der Waals surface area contributed by atoms with Gasteiger partial charge in [0.05, 0.1) is 12.8 Å². The van der Waals surface area contributed by atoms with Crippen molar-refractivity contribution < 1.29 is 19.2 Å². The number of aryl methyl sites for hydroxylation is 1. The van der Waals surface area contributed by atoms with Crippen LogP contribution in [0.5, 0.6) is 0 Å². The molecule has 0 spiro atoms. The van der Waals surface area contributed by atoms with Crippen molar-refractivity contribution in [1.82, 2.24) is 10.5 Å². The van der Waals surface area contributed by atoms with Gasteiger partial charge in [0.25, 0.3) is 0 Å². The summed E-state index contributed by atoms with van der Waals surface area (Å²) in [5.74, 6) is 0.0489. The van der Waals surface area contributed by atoms with Crippen LogP contribution in [0.3, 0.4) is 0 Å². The minimum atomic E-state index is -1.53. The van der Waals surface area contributed by atoms with Gasteiger partial charge in [-0.15, -0.1) is 0 Å². The van der Waals surface area contributed by atoms with Gasteiger partial charge in [-0.1, -0.05) is 5.16 Å². The number of esters is 1. The first-order valence-electron chi connectivity index (χ1n) is 4.89. The number of aliphatic hydroxyl groups is 1. The SMILES string of the molecule is COC(=O)C(C)(O)CNCc1cc(C)on1. The molecule has 0 aliphatic heterocycles. The molecule has 0 saturated heterocycles. The van der Waals surface area contributed by atoms with Gasteiger partial charge in [-0.05, 0) is 13.8 Å². The third-order valence-electron chi connectivity index (χ3n) is 2.08. The Morgan fingerprint density at radius 3 is 2.94 bits per heavy atom. The number of hydrogen-bond donors (Lipinski definition) is 2. The van der Waals surface area contributed by atoms with Gasteiger partial charge in [-0.3, -0.25) is 0 Å². The minimum absolute atomic E-state index is 0.0889. The molecule has 6 heteroatoms. The van der Waals surface area contributed by atoms with Crippen molar-refractivity contribution in [3.8, 4) is 0 Å². The summed E-state index contributed by atoms with van der Waals surface area (Å²) in [7, 11) is 1.23. The van der Waals surface area contributed by atoms with E-state index in [1.54, 1.807) is 13.0 Å². The highest BCUT2D eigenvalue weighted by molar-refractivity contribution is 5.78. The predicted octanol–water partition coefficient (Wildman–Crippen LogP) is -0.00338. The van der Waals surface area contributed by atoms with Crippen molar-refractivity contribution in [1.29, 1.82) is 0 Å². The molecule has 0 aromatic carbocycles. The van der Waals surface area contributed by atoms with Crippen LogP contribution >= 0.6 is 0 Å². The zero-order valence-corrected chi connectivity index (χ0v) is 9.61. The normalized spacial score (nSPS) is 14.5. The molecule has 0 bridgehead atoms. The Bertz CT molecular complexity index is 359. The number of carbonyl (C=O) groups is 1. The summed E-state index contributed by atoms with van der Waals surface area (Å²) >= 11 is 0. The van der Waals surface area contributed by atoms with E-state index >= 15 is 0 Å². The molecule has 1 atom stereocenters.